The highest BCUT2D eigenvalue weighted by Crippen LogP contribution is 2.27. The lowest BCUT2D eigenvalue weighted by molar-refractivity contribution is -0.274. The number of pyridine rings is 1. The summed E-state index contributed by atoms with van der Waals surface area (Å²) in [6.07, 6.45) is -0.630. The normalized spacial score (nSPS) is 11.7. The molecule has 1 aromatic carbocycles. The summed E-state index contributed by atoms with van der Waals surface area (Å²) < 4.78 is 42.2. The molecule has 2 heterocycles. The molecule has 3 aromatic rings. The molecule has 0 fully saturated rings. The number of hydrogen-bond acceptors (Lipinski definition) is 3. The Bertz CT molecular complexity index is 882. The lowest BCUT2D eigenvalue weighted by Gasteiger charge is -2.09. The van der Waals surface area contributed by atoms with Crippen molar-refractivity contribution < 1.29 is 17.9 Å². The van der Waals surface area contributed by atoms with Gasteiger partial charge in [0.25, 0.3) is 0 Å². The van der Waals surface area contributed by atoms with E-state index in [-0.39, 0.29) is 5.75 Å². The molecule has 0 aliphatic heterocycles. The molecule has 0 spiro atoms. The molecular weight excluding hydrogens is 319 g/mol. The van der Waals surface area contributed by atoms with Crippen molar-refractivity contribution in [3.05, 3.63) is 54.4 Å². The number of rotatable bonds is 4. The van der Waals surface area contributed by atoms with Crippen LogP contribution in [0.15, 0.2) is 43.1 Å². The maximum atomic E-state index is 12.2. The van der Waals surface area contributed by atoms with E-state index in [9.17, 15) is 13.2 Å². The van der Waals surface area contributed by atoms with Crippen LogP contribution in [0.5, 0.6) is 5.75 Å². The lowest BCUT2D eigenvalue weighted by atomic mass is 10.1. The highest BCUT2D eigenvalue weighted by Gasteiger charge is 2.31. The Balaban J connectivity index is 2.08. The summed E-state index contributed by atoms with van der Waals surface area (Å²) in [7, 11) is 0. The van der Waals surface area contributed by atoms with E-state index in [0.29, 0.717) is 17.8 Å². The minimum Gasteiger partial charge on any atom is -0.406 e. The first-order chi connectivity index (χ1) is 11.4. The first kappa shape index (κ1) is 16.0. The van der Waals surface area contributed by atoms with Gasteiger partial charge in [0.2, 0.25) is 0 Å². The number of aryl methyl sites for hydroxylation is 1. The second kappa shape index (κ2) is 5.99. The summed E-state index contributed by atoms with van der Waals surface area (Å²) in [6, 6.07) is 7.36. The number of aromatic nitrogens is 3. The van der Waals surface area contributed by atoms with E-state index < -0.39 is 6.36 Å². The Morgan fingerprint density at radius 3 is 2.50 bits per heavy atom. The second-order valence-corrected chi connectivity index (χ2v) is 5.06. The maximum Gasteiger partial charge on any atom is 0.573 e. The highest BCUT2D eigenvalue weighted by molar-refractivity contribution is 5.88. The molecule has 4 nitrogen and oxygen atoms in total. The fourth-order valence-corrected chi connectivity index (χ4v) is 2.53. The van der Waals surface area contributed by atoms with Crippen LogP contribution in [-0.4, -0.2) is 21.1 Å². The van der Waals surface area contributed by atoms with Gasteiger partial charge in [-0.2, -0.15) is 5.10 Å². The minimum absolute atomic E-state index is 0.279. The van der Waals surface area contributed by atoms with Gasteiger partial charge in [-0.1, -0.05) is 19.6 Å². The number of alkyl halides is 3. The van der Waals surface area contributed by atoms with Crippen molar-refractivity contribution in [3.63, 3.8) is 0 Å². The Morgan fingerprint density at radius 1 is 1.21 bits per heavy atom. The lowest BCUT2D eigenvalue weighted by Crippen LogP contribution is -2.17. The van der Waals surface area contributed by atoms with Gasteiger partial charge in [0, 0.05) is 11.6 Å². The number of hydrogen-bond donors (Lipinski definition) is 0. The number of halogens is 3. The van der Waals surface area contributed by atoms with Crippen molar-refractivity contribution >= 4 is 17.1 Å². The fourth-order valence-electron chi connectivity index (χ4n) is 2.53. The van der Waals surface area contributed by atoms with E-state index >= 15 is 0 Å². The number of benzene rings is 1. The molecule has 0 saturated heterocycles. The SMILES string of the molecule is C=Cc1ccnc2c1c(CC)nn2-c1ccc(OC(F)(F)F)cc1. The van der Waals surface area contributed by atoms with Crippen molar-refractivity contribution in [1.82, 2.24) is 14.8 Å². The predicted molar refractivity (Wildman–Crippen MR) is 85.0 cm³/mol. The molecule has 0 radical (unpaired) electrons. The summed E-state index contributed by atoms with van der Waals surface area (Å²) in [5.74, 6) is -0.279. The Labute approximate surface area is 136 Å². The summed E-state index contributed by atoms with van der Waals surface area (Å²) in [5.41, 5.74) is 3.00. The van der Waals surface area contributed by atoms with Crippen LogP contribution >= 0.6 is 0 Å². The van der Waals surface area contributed by atoms with Gasteiger partial charge in [-0.15, -0.1) is 13.2 Å². The van der Waals surface area contributed by atoms with Crippen LogP contribution in [0.3, 0.4) is 0 Å². The third-order valence-electron chi connectivity index (χ3n) is 3.54. The molecule has 0 amide bonds. The molecule has 0 atom stereocenters. The van der Waals surface area contributed by atoms with Gasteiger partial charge >= 0.3 is 6.36 Å². The molecule has 3 rings (SSSR count). The smallest absolute Gasteiger partial charge is 0.406 e. The Morgan fingerprint density at radius 2 is 1.92 bits per heavy atom. The van der Waals surface area contributed by atoms with Crippen molar-refractivity contribution in [2.45, 2.75) is 19.7 Å². The average molecular weight is 333 g/mol. The predicted octanol–water partition coefficient (Wildman–Crippen LogP) is 4.52. The van der Waals surface area contributed by atoms with Gasteiger partial charge in [0.05, 0.1) is 11.4 Å². The molecule has 0 unspecified atom stereocenters. The number of nitrogens with zero attached hydrogens (tertiary/aromatic N) is 3. The summed E-state index contributed by atoms with van der Waals surface area (Å²) in [5, 5.41) is 5.43. The van der Waals surface area contributed by atoms with E-state index in [1.54, 1.807) is 17.0 Å². The first-order valence-corrected chi connectivity index (χ1v) is 7.28. The minimum atomic E-state index is -4.71. The van der Waals surface area contributed by atoms with E-state index in [0.717, 1.165) is 16.6 Å². The van der Waals surface area contributed by atoms with Crippen LogP contribution in [0, 0.1) is 0 Å². The topological polar surface area (TPSA) is 39.9 Å². The largest absolute Gasteiger partial charge is 0.573 e. The molecule has 0 N–H and O–H groups in total. The maximum absolute atomic E-state index is 12.2. The summed E-state index contributed by atoms with van der Waals surface area (Å²) >= 11 is 0. The molecule has 0 aliphatic carbocycles. The van der Waals surface area contributed by atoms with Gasteiger partial charge < -0.3 is 4.74 Å². The average Bonchev–Trinajstić information content (AvgIpc) is 2.93. The van der Waals surface area contributed by atoms with E-state index in [2.05, 4.69) is 21.4 Å². The van der Waals surface area contributed by atoms with Gasteiger partial charge in [-0.05, 0) is 42.3 Å². The standard InChI is InChI=1S/C17H14F3N3O/c1-3-11-9-10-21-16-15(11)14(4-2)22-23(16)12-5-7-13(8-6-12)24-17(18,19)20/h3,5-10H,1,4H2,2H3. The molecule has 124 valence electrons. The third kappa shape index (κ3) is 2.97. The molecule has 0 aliphatic rings. The molecule has 7 heteroatoms. The van der Waals surface area contributed by atoms with Crippen LogP contribution in [0.4, 0.5) is 13.2 Å². The van der Waals surface area contributed by atoms with Crippen molar-refractivity contribution in [2.24, 2.45) is 0 Å². The molecule has 2 aromatic heterocycles. The molecule has 0 saturated carbocycles. The first-order valence-electron chi connectivity index (χ1n) is 7.28. The summed E-state index contributed by atoms with van der Waals surface area (Å²) in [4.78, 5) is 4.36. The van der Waals surface area contributed by atoms with E-state index in [1.165, 1.54) is 24.3 Å². The van der Waals surface area contributed by atoms with Crippen molar-refractivity contribution in [1.29, 1.82) is 0 Å². The zero-order chi connectivity index (χ0) is 17.3. The van der Waals surface area contributed by atoms with Crippen LogP contribution in [0.25, 0.3) is 22.8 Å². The summed E-state index contributed by atoms with van der Waals surface area (Å²) in [6.45, 7) is 5.77. The molecular formula is C17H14F3N3O. The van der Waals surface area contributed by atoms with Crippen molar-refractivity contribution in [2.75, 3.05) is 0 Å². The Hall–Kier alpha value is -2.83. The van der Waals surface area contributed by atoms with E-state index in [4.69, 9.17) is 0 Å². The van der Waals surface area contributed by atoms with Gasteiger partial charge in [0.15, 0.2) is 5.65 Å². The fraction of sp³-hybridized carbons (Fsp3) is 0.176. The van der Waals surface area contributed by atoms with E-state index in [1.807, 2.05) is 13.0 Å². The molecule has 24 heavy (non-hydrogen) atoms. The third-order valence-corrected chi connectivity index (χ3v) is 3.54. The van der Waals surface area contributed by atoms with Crippen LogP contribution < -0.4 is 4.74 Å². The van der Waals surface area contributed by atoms with Crippen LogP contribution in [-0.2, 0) is 6.42 Å². The van der Waals surface area contributed by atoms with Crippen molar-refractivity contribution in [3.8, 4) is 11.4 Å². The van der Waals surface area contributed by atoms with Crippen LogP contribution in [0.2, 0.25) is 0 Å². The number of fused-ring (bicyclic) bond motifs is 1. The zero-order valence-corrected chi connectivity index (χ0v) is 12.8. The number of ether oxygens (including phenoxy) is 1. The second-order valence-electron chi connectivity index (χ2n) is 5.06. The Kier molecular flexibility index (Phi) is 4.01. The zero-order valence-electron chi connectivity index (χ0n) is 12.8. The van der Waals surface area contributed by atoms with Gasteiger partial charge in [0.1, 0.15) is 5.75 Å². The van der Waals surface area contributed by atoms with Crippen LogP contribution in [0.1, 0.15) is 18.2 Å². The highest BCUT2D eigenvalue weighted by atomic mass is 19.4. The van der Waals surface area contributed by atoms with Gasteiger partial charge in [-0.25, -0.2) is 9.67 Å². The quantitative estimate of drug-likeness (QED) is 0.704. The monoisotopic (exact) mass is 333 g/mol. The van der Waals surface area contributed by atoms with Gasteiger partial charge in [-0.3, -0.25) is 0 Å². The molecule has 0 bridgehead atoms.